The molecule has 8 aromatic carbocycles. The molecule has 0 N–H and O–H groups in total. The van der Waals surface area contributed by atoms with Gasteiger partial charge in [0.2, 0.25) is 5.89 Å². The van der Waals surface area contributed by atoms with Gasteiger partial charge in [0.1, 0.15) is 5.69 Å². The molecule has 3 heteroatoms. The minimum absolute atomic E-state index is 0.149. The highest BCUT2D eigenvalue weighted by Crippen LogP contribution is 2.58. The molecule has 1 heterocycles. The maximum absolute atomic E-state index is 6.72. The highest BCUT2D eigenvalue weighted by Gasteiger charge is 2.38. The van der Waals surface area contributed by atoms with Crippen LogP contribution in [0.2, 0.25) is 0 Å². The molecule has 3 nitrogen and oxygen atoms in total. The largest absolute Gasteiger partial charge is 0.435 e. The second-order valence-corrected chi connectivity index (χ2v) is 14.7. The summed E-state index contributed by atoms with van der Waals surface area (Å²) < 4.78 is 6.72. The Bertz CT molecular complexity index is 2900. The summed E-state index contributed by atoms with van der Waals surface area (Å²) in [7, 11) is 0. The van der Waals surface area contributed by atoms with Gasteiger partial charge in [0.05, 0.1) is 5.69 Å². The summed E-state index contributed by atoms with van der Waals surface area (Å²) in [6, 6.07) is 61.1. The standard InChI is InChI=1S/C50H34N2O/c1-50(2)42-23-12-11-19-37(42)38-29-28-35(30-43(38)50)52(34-26-24-32(25-27-34)31-14-5-3-6-15-31)47-40-20-10-9-18-36(40)39-21-13-22-41-44(39)45(47)46-48(41)53-49(51-46)33-16-7-4-8-17-33/h3-30H,1-2H3. The van der Waals surface area contributed by atoms with E-state index in [1.165, 1.54) is 54.9 Å². The van der Waals surface area contributed by atoms with E-state index >= 15 is 0 Å². The van der Waals surface area contributed by atoms with E-state index in [-0.39, 0.29) is 5.41 Å². The van der Waals surface area contributed by atoms with Crippen molar-refractivity contribution in [3.05, 3.63) is 181 Å². The topological polar surface area (TPSA) is 29.3 Å². The second kappa shape index (κ2) is 11.1. The fraction of sp³-hybridized carbons (Fsp3) is 0.0600. The lowest BCUT2D eigenvalue weighted by molar-refractivity contribution is 0.590. The van der Waals surface area contributed by atoms with E-state index in [9.17, 15) is 0 Å². The van der Waals surface area contributed by atoms with Gasteiger partial charge in [-0.15, -0.1) is 0 Å². The van der Waals surface area contributed by atoms with Gasteiger partial charge in [0.15, 0.2) is 5.76 Å². The summed E-state index contributed by atoms with van der Waals surface area (Å²) in [5, 5.41) is 4.76. The van der Waals surface area contributed by atoms with Gasteiger partial charge in [-0.2, -0.15) is 0 Å². The number of nitrogens with zero attached hydrogens (tertiary/aromatic N) is 2. The molecule has 2 aliphatic carbocycles. The quantitative estimate of drug-likeness (QED) is 0.170. The van der Waals surface area contributed by atoms with Gasteiger partial charge in [0, 0.05) is 44.3 Å². The van der Waals surface area contributed by atoms with Crippen LogP contribution in [0.4, 0.5) is 17.1 Å². The number of hydrogen-bond acceptors (Lipinski definition) is 3. The van der Waals surface area contributed by atoms with Crippen molar-refractivity contribution in [2.45, 2.75) is 19.3 Å². The molecule has 0 amide bonds. The molecule has 2 aliphatic rings. The number of hydrogen-bond donors (Lipinski definition) is 0. The van der Waals surface area contributed by atoms with E-state index in [0.29, 0.717) is 5.89 Å². The zero-order chi connectivity index (χ0) is 35.3. The van der Waals surface area contributed by atoms with Crippen molar-refractivity contribution < 1.29 is 4.42 Å². The zero-order valence-corrected chi connectivity index (χ0v) is 29.5. The lowest BCUT2D eigenvalue weighted by atomic mass is 9.82. The number of aromatic nitrogens is 1. The molecular weight excluding hydrogens is 645 g/mol. The Labute approximate surface area is 308 Å². The molecule has 0 spiro atoms. The van der Waals surface area contributed by atoms with Crippen LogP contribution < -0.4 is 4.90 Å². The van der Waals surface area contributed by atoms with Crippen LogP contribution in [0.15, 0.2) is 174 Å². The number of rotatable bonds is 5. The fourth-order valence-corrected chi connectivity index (χ4v) is 8.92. The first kappa shape index (κ1) is 30.0. The molecule has 11 rings (SSSR count). The number of fused-ring (bicyclic) bond motifs is 8. The third-order valence-corrected chi connectivity index (χ3v) is 11.4. The Balaban J connectivity index is 1.22. The third-order valence-electron chi connectivity index (χ3n) is 11.4. The van der Waals surface area contributed by atoms with Crippen LogP contribution in [0.5, 0.6) is 0 Å². The van der Waals surface area contributed by atoms with E-state index < -0.39 is 0 Å². The van der Waals surface area contributed by atoms with E-state index in [0.717, 1.165) is 45.2 Å². The van der Waals surface area contributed by atoms with Gasteiger partial charge < -0.3 is 9.32 Å². The van der Waals surface area contributed by atoms with Crippen LogP contribution >= 0.6 is 0 Å². The molecule has 0 saturated carbocycles. The summed E-state index contributed by atoms with van der Waals surface area (Å²) in [5.74, 6) is 1.46. The molecule has 0 saturated heterocycles. The summed E-state index contributed by atoms with van der Waals surface area (Å²) in [6.07, 6.45) is 0. The Morgan fingerprint density at radius 1 is 0.491 bits per heavy atom. The molecule has 9 aromatic rings. The summed E-state index contributed by atoms with van der Waals surface area (Å²) in [4.78, 5) is 7.77. The van der Waals surface area contributed by atoms with E-state index in [2.05, 4.69) is 170 Å². The highest BCUT2D eigenvalue weighted by molar-refractivity contribution is 6.28. The van der Waals surface area contributed by atoms with Crippen molar-refractivity contribution in [3.8, 4) is 56.3 Å². The van der Waals surface area contributed by atoms with Crippen LogP contribution in [-0.4, -0.2) is 4.98 Å². The monoisotopic (exact) mass is 678 g/mol. The van der Waals surface area contributed by atoms with Crippen LogP contribution in [0.1, 0.15) is 25.0 Å². The van der Waals surface area contributed by atoms with Crippen molar-refractivity contribution in [2.75, 3.05) is 4.90 Å². The first-order valence-corrected chi connectivity index (χ1v) is 18.3. The normalized spacial score (nSPS) is 13.2. The summed E-state index contributed by atoms with van der Waals surface area (Å²) in [6.45, 7) is 4.70. The highest BCUT2D eigenvalue weighted by atomic mass is 16.4. The Hall–Kier alpha value is -6.71. The van der Waals surface area contributed by atoms with Crippen molar-refractivity contribution in [1.29, 1.82) is 0 Å². The lowest BCUT2D eigenvalue weighted by Crippen LogP contribution is -2.17. The van der Waals surface area contributed by atoms with E-state index in [4.69, 9.17) is 9.40 Å². The van der Waals surface area contributed by atoms with Crippen molar-refractivity contribution in [1.82, 2.24) is 4.98 Å². The maximum atomic E-state index is 6.72. The molecule has 0 fully saturated rings. The molecule has 0 unspecified atom stereocenters. The van der Waals surface area contributed by atoms with Crippen molar-refractivity contribution in [3.63, 3.8) is 0 Å². The van der Waals surface area contributed by atoms with Crippen LogP contribution in [0, 0.1) is 0 Å². The minimum Gasteiger partial charge on any atom is -0.435 e. The lowest BCUT2D eigenvalue weighted by Gasteiger charge is -2.31. The van der Waals surface area contributed by atoms with Gasteiger partial charge >= 0.3 is 0 Å². The molecule has 0 atom stereocenters. The van der Waals surface area contributed by atoms with Crippen molar-refractivity contribution in [2.24, 2.45) is 0 Å². The predicted molar refractivity (Wildman–Crippen MR) is 219 cm³/mol. The van der Waals surface area contributed by atoms with Crippen LogP contribution in [0.25, 0.3) is 77.8 Å². The number of anilines is 3. The number of oxazole rings is 1. The molecule has 250 valence electrons. The van der Waals surface area contributed by atoms with Gasteiger partial charge in [-0.05, 0) is 80.6 Å². The summed E-state index contributed by atoms with van der Waals surface area (Å²) >= 11 is 0. The predicted octanol–water partition coefficient (Wildman–Crippen LogP) is 13.7. The number of benzene rings is 8. The molecule has 0 radical (unpaired) electrons. The van der Waals surface area contributed by atoms with Crippen LogP contribution in [-0.2, 0) is 5.41 Å². The third kappa shape index (κ3) is 4.31. The van der Waals surface area contributed by atoms with E-state index in [1.54, 1.807) is 0 Å². The van der Waals surface area contributed by atoms with Gasteiger partial charge in [-0.3, -0.25) is 0 Å². The van der Waals surface area contributed by atoms with Crippen LogP contribution in [0.3, 0.4) is 0 Å². The van der Waals surface area contributed by atoms with Gasteiger partial charge in [-0.1, -0.05) is 147 Å². The zero-order valence-electron chi connectivity index (χ0n) is 29.5. The molecule has 53 heavy (non-hydrogen) atoms. The van der Waals surface area contributed by atoms with Crippen molar-refractivity contribution >= 4 is 38.6 Å². The van der Waals surface area contributed by atoms with E-state index in [1.807, 2.05) is 18.2 Å². The maximum Gasteiger partial charge on any atom is 0.227 e. The average Bonchev–Trinajstić information content (AvgIpc) is 3.85. The summed E-state index contributed by atoms with van der Waals surface area (Å²) in [5.41, 5.74) is 14.9. The Kier molecular flexibility index (Phi) is 6.30. The smallest absolute Gasteiger partial charge is 0.227 e. The SMILES string of the molecule is CC1(C)c2ccccc2-c2ccc(N(c3ccc(-c4ccccc4)cc3)c3c4c5c(cccc5c5ccccc35)-c3oc(-c5ccccc5)nc3-4)cc21. The first-order valence-electron chi connectivity index (χ1n) is 18.3. The fourth-order valence-electron chi connectivity index (χ4n) is 8.92. The minimum atomic E-state index is -0.149. The molecular formula is C50H34N2O. The second-order valence-electron chi connectivity index (χ2n) is 14.7. The average molecular weight is 679 g/mol. The van der Waals surface area contributed by atoms with Gasteiger partial charge in [-0.25, -0.2) is 4.98 Å². The Morgan fingerprint density at radius 2 is 1.09 bits per heavy atom. The van der Waals surface area contributed by atoms with Gasteiger partial charge in [0.25, 0.3) is 0 Å². The Morgan fingerprint density at radius 3 is 1.89 bits per heavy atom. The first-order chi connectivity index (χ1) is 26.1. The molecule has 0 aliphatic heterocycles. The molecule has 0 bridgehead atoms. The molecule has 1 aromatic heterocycles.